The molecule has 146 valence electrons. The average Bonchev–Trinajstić information content (AvgIpc) is 2.68. The van der Waals surface area contributed by atoms with E-state index < -0.39 is 0 Å². The molecule has 1 aliphatic heterocycles. The van der Waals surface area contributed by atoms with Gasteiger partial charge in [-0.15, -0.1) is 0 Å². The van der Waals surface area contributed by atoms with E-state index in [0.717, 1.165) is 31.3 Å². The molecule has 1 aliphatic rings. The summed E-state index contributed by atoms with van der Waals surface area (Å²) in [6.07, 6.45) is 4.56. The molecule has 26 heavy (non-hydrogen) atoms. The first kappa shape index (κ1) is 21.1. The number of rotatable bonds is 10. The van der Waals surface area contributed by atoms with Gasteiger partial charge in [-0.1, -0.05) is 30.3 Å². The molecule has 1 fully saturated rings. The molecule has 2 rings (SSSR count). The van der Waals surface area contributed by atoms with Crippen molar-refractivity contribution in [3.63, 3.8) is 0 Å². The number of thioether (sulfide) groups is 1. The molecule has 2 N–H and O–H groups in total. The minimum Gasteiger partial charge on any atom is -0.356 e. The van der Waals surface area contributed by atoms with E-state index in [1.165, 1.54) is 51.1 Å². The zero-order valence-electron chi connectivity index (χ0n) is 16.4. The van der Waals surface area contributed by atoms with Gasteiger partial charge < -0.3 is 15.5 Å². The number of benzene rings is 1. The quantitative estimate of drug-likeness (QED) is 0.371. The van der Waals surface area contributed by atoms with Gasteiger partial charge in [-0.2, -0.15) is 11.8 Å². The molecule has 0 aliphatic carbocycles. The monoisotopic (exact) mass is 377 g/mol. The van der Waals surface area contributed by atoms with Gasteiger partial charge in [0.1, 0.15) is 0 Å². The molecule has 5 nitrogen and oxygen atoms in total. The van der Waals surface area contributed by atoms with Gasteiger partial charge in [-0.3, -0.25) is 9.89 Å². The molecule has 6 heteroatoms. The highest BCUT2D eigenvalue weighted by Crippen LogP contribution is 2.08. The van der Waals surface area contributed by atoms with Crippen LogP contribution in [0.15, 0.2) is 35.3 Å². The molecule has 0 radical (unpaired) electrons. The summed E-state index contributed by atoms with van der Waals surface area (Å²) in [6.45, 7) is 9.00. The molecule has 0 amide bonds. The van der Waals surface area contributed by atoms with E-state index in [1.807, 2.05) is 18.8 Å². The Bertz CT molecular complexity index is 500. The molecule has 0 aromatic heterocycles. The van der Waals surface area contributed by atoms with E-state index in [-0.39, 0.29) is 0 Å². The highest BCUT2D eigenvalue weighted by Gasteiger charge is 2.16. The third-order valence-corrected chi connectivity index (χ3v) is 5.34. The summed E-state index contributed by atoms with van der Waals surface area (Å²) in [5, 5.41) is 6.74. The maximum Gasteiger partial charge on any atom is 0.191 e. The molecule has 0 atom stereocenters. The Morgan fingerprint density at radius 2 is 1.69 bits per heavy atom. The Labute approximate surface area is 163 Å². The Balaban J connectivity index is 1.51. The lowest BCUT2D eigenvalue weighted by molar-refractivity contribution is 0.126. The van der Waals surface area contributed by atoms with Crippen molar-refractivity contribution < 1.29 is 0 Å². The van der Waals surface area contributed by atoms with Gasteiger partial charge >= 0.3 is 0 Å². The molecule has 1 aromatic rings. The number of unbranched alkanes of at least 4 members (excludes halogenated alkanes) is 1. The molecule has 0 spiro atoms. The molecule has 0 saturated carbocycles. The highest BCUT2D eigenvalue weighted by molar-refractivity contribution is 7.98. The largest absolute Gasteiger partial charge is 0.356 e. The first-order chi connectivity index (χ1) is 12.8. The Morgan fingerprint density at radius 3 is 2.38 bits per heavy atom. The van der Waals surface area contributed by atoms with Crippen LogP contribution in [-0.4, -0.2) is 80.6 Å². The predicted octanol–water partition coefficient (Wildman–Crippen LogP) is 2.11. The smallest absolute Gasteiger partial charge is 0.191 e. The van der Waals surface area contributed by atoms with E-state index in [4.69, 9.17) is 0 Å². The Kier molecular flexibility index (Phi) is 10.5. The van der Waals surface area contributed by atoms with Gasteiger partial charge in [0.15, 0.2) is 5.96 Å². The van der Waals surface area contributed by atoms with E-state index in [0.29, 0.717) is 0 Å². The summed E-state index contributed by atoms with van der Waals surface area (Å²) >= 11 is 1.85. The van der Waals surface area contributed by atoms with Crippen LogP contribution in [0.1, 0.15) is 18.4 Å². The molecule has 0 unspecified atom stereocenters. The summed E-state index contributed by atoms with van der Waals surface area (Å²) in [4.78, 5) is 9.43. The van der Waals surface area contributed by atoms with Crippen LogP contribution in [-0.2, 0) is 6.54 Å². The zero-order chi connectivity index (χ0) is 18.5. The Hall–Kier alpha value is -1.24. The standard InChI is InChI=1S/C20H35N5S/c1-21-20(23-11-17-26-2)22-10-6-7-12-24-13-15-25(16-14-24)18-19-8-4-3-5-9-19/h3-5,8-9H,6-7,10-18H2,1-2H3,(H2,21,22,23). The number of guanidine groups is 1. The SMILES string of the molecule is CN=C(NCCCCN1CCN(Cc2ccccc2)CC1)NCCSC. The highest BCUT2D eigenvalue weighted by atomic mass is 32.2. The van der Waals surface area contributed by atoms with Gasteiger partial charge in [-0.05, 0) is 31.2 Å². The summed E-state index contributed by atoms with van der Waals surface area (Å²) in [6, 6.07) is 10.8. The second-order valence-electron chi connectivity index (χ2n) is 6.73. The lowest BCUT2D eigenvalue weighted by Crippen LogP contribution is -2.46. The predicted molar refractivity (Wildman–Crippen MR) is 115 cm³/mol. The van der Waals surface area contributed by atoms with Crippen molar-refractivity contribution in [2.24, 2.45) is 4.99 Å². The maximum atomic E-state index is 4.26. The van der Waals surface area contributed by atoms with Crippen LogP contribution < -0.4 is 10.6 Å². The molecule has 1 heterocycles. The normalized spacial score (nSPS) is 16.6. The molecule has 1 saturated heterocycles. The number of piperazine rings is 1. The molecular weight excluding hydrogens is 342 g/mol. The van der Waals surface area contributed by atoms with Crippen LogP contribution in [0.3, 0.4) is 0 Å². The van der Waals surface area contributed by atoms with Crippen LogP contribution in [0.4, 0.5) is 0 Å². The third kappa shape index (κ3) is 8.43. The lowest BCUT2D eigenvalue weighted by atomic mass is 10.2. The number of nitrogens with one attached hydrogen (secondary N) is 2. The number of nitrogens with zero attached hydrogens (tertiary/aromatic N) is 3. The van der Waals surface area contributed by atoms with Crippen LogP contribution in [0.2, 0.25) is 0 Å². The van der Waals surface area contributed by atoms with Gasteiger partial charge in [0.05, 0.1) is 0 Å². The minimum absolute atomic E-state index is 0.925. The average molecular weight is 378 g/mol. The van der Waals surface area contributed by atoms with E-state index in [9.17, 15) is 0 Å². The fraction of sp³-hybridized carbons (Fsp3) is 0.650. The fourth-order valence-corrected chi connectivity index (χ4v) is 3.48. The third-order valence-electron chi connectivity index (χ3n) is 4.73. The van der Waals surface area contributed by atoms with E-state index in [1.54, 1.807) is 0 Å². The van der Waals surface area contributed by atoms with Crippen molar-refractivity contribution in [2.45, 2.75) is 19.4 Å². The second kappa shape index (κ2) is 13.0. The first-order valence-electron chi connectivity index (χ1n) is 9.74. The summed E-state index contributed by atoms with van der Waals surface area (Å²) < 4.78 is 0. The second-order valence-corrected chi connectivity index (χ2v) is 7.71. The van der Waals surface area contributed by atoms with Crippen molar-refractivity contribution >= 4 is 17.7 Å². The van der Waals surface area contributed by atoms with Crippen LogP contribution in [0.5, 0.6) is 0 Å². The van der Waals surface area contributed by atoms with E-state index in [2.05, 4.69) is 62.0 Å². The summed E-state index contributed by atoms with van der Waals surface area (Å²) in [5.41, 5.74) is 1.42. The van der Waals surface area contributed by atoms with Crippen molar-refractivity contribution in [1.82, 2.24) is 20.4 Å². The van der Waals surface area contributed by atoms with Crippen LogP contribution >= 0.6 is 11.8 Å². The Morgan fingerprint density at radius 1 is 1.00 bits per heavy atom. The van der Waals surface area contributed by atoms with Crippen molar-refractivity contribution in [2.75, 3.05) is 64.9 Å². The van der Waals surface area contributed by atoms with Crippen molar-refractivity contribution in [3.05, 3.63) is 35.9 Å². The van der Waals surface area contributed by atoms with Gasteiger partial charge in [0, 0.05) is 58.6 Å². The fourth-order valence-electron chi connectivity index (χ4n) is 3.17. The zero-order valence-corrected chi connectivity index (χ0v) is 17.2. The maximum absolute atomic E-state index is 4.26. The van der Waals surface area contributed by atoms with Gasteiger partial charge in [-0.25, -0.2) is 0 Å². The molecule has 0 bridgehead atoms. The van der Waals surface area contributed by atoms with Gasteiger partial charge in [0.25, 0.3) is 0 Å². The summed E-state index contributed by atoms with van der Waals surface area (Å²) in [5.74, 6) is 2.03. The van der Waals surface area contributed by atoms with Crippen LogP contribution in [0, 0.1) is 0 Å². The molecular formula is C20H35N5S. The van der Waals surface area contributed by atoms with Crippen molar-refractivity contribution in [3.8, 4) is 0 Å². The van der Waals surface area contributed by atoms with E-state index >= 15 is 0 Å². The van der Waals surface area contributed by atoms with Crippen molar-refractivity contribution in [1.29, 1.82) is 0 Å². The minimum atomic E-state index is 0.925. The molecule has 1 aromatic carbocycles. The topological polar surface area (TPSA) is 42.9 Å². The lowest BCUT2D eigenvalue weighted by Gasteiger charge is -2.34. The summed E-state index contributed by atoms with van der Waals surface area (Å²) in [7, 11) is 1.84. The number of hydrogen-bond acceptors (Lipinski definition) is 4. The van der Waals surface area contributed by atoms with Crippen LogP contribution in [0.25, 0.3) is 0 Å². The first-order valence-corrected chi connectivity index (χ1v) is 11.1. The number of aliphatic imine (C=N–C) groups is 1. The van der Waals surface area contributed by atoms with Gasteiger partial charge in [0.2, 0.25) is 0 Å². The number of hydrogen-bond donors (Lipinski definition) is 2.